The van der Waals surface area contributed by atoms with E-state index in [-0.39, 0.29) is 11.9 Å². The van der Waals surface area contributed by atoms with E-state index in [4.69, 9.17) is 4.98 Å². The molecule has 0 radical (unpaired) electrons. The molecule has 7 nitrogen and oxygen atoms in total. The Balaban J connectivity index is 1.41. The summed E-state index contributed by atoms with van der Waals surface area (Å²) >= 11 is 0. The quantitative estimate of drug-likeness (QED) is 0.392. The third-order valence-corrected chi connectivity index (χ3v) is 6.81. The molecule has 7 heteroatoms. The Morgan fingerprint density at radius 3 is 2.43 bits per heavy atom. The maximum Gasteiger partial charge on any atom is 0.254 e. The summed E-state index contributed by atoms with van der Waals surface area (Å²) in [4.78, 5) is 22.6. The highest BCUT2D eigenvalue weighted by Crippen LogP contribution is 2.29. The predicted octanol–water partition coefficient (Wildman–Crippen LogP) is 4.60. The summed E-state index contributed by atoms with van der Waals surface area (Å²) in [5.41, 5.74) is 4.43. The summed E-state index contributed by atoms with van der Waals surface area (Å²) in [7, 11) is 0. The molecule has 1 amide bonds. The smallest absolute Gasteiger partial charge is 0.254 e. The Kier molecular flexibility index (Phi) is 5.17. The van der Waals surface area contributed by atoms with Crippen LogP contribution < -0.4 is 4.90 Å². The van der Waals surface area contributed by atoms with E-state index in [9.17, 15) is 4.79 Å². The van der Waals surface area contributed by atoms with Crippen LogP contribution in [0.1, 0.15) is 22.8 Å². The van der Waals surface area contributed by atoms with Gasteiger partial charge in [-0.3, -0.25) is 4.79 Å². The van der Waals surface area contributed by atoms with Crippen molar-refractivity contribution in [2.24, 2.45) is 0 Å². The Hall–Kier alpha value is -4.26. The molecule has 1 aliphatic rings. The standard InChI is InChI=1S/C28H26N6O/c1-19-10-6-7-13-22(19)27(35)33-17-16-32(18-20(33)2)28-29-24-15-9-8-14-23(24)26-31-30-25(34(26)28)21-11-4-3-5-12-21/h3-15,20H,16-18H2,1-2H3/t20-/m0/s1. The molecule has 1 atom stereocenters. The van der Waals surface area contributed by atoms with Crippen molar-refractivity contribution in [3.63, 3.8) is 0 Å². The van der Waals surface area contributed by atoms with E-state index in [1.807, 2.05) is 90.7 Å². The minimum Gasteiger partial charge on any atom is -0.338 e. The SMILES string of the molecule is Cc1ccccc1C(=O)N1CCN(c2nc3ccccc3c3nnc(-c4ccccc4)n23)C[C@@H]1C. The van der Waals surface area contributed by atoms with Crippen molar-refractivity contribution in [3.05, 3.63) is 90.0 Å². The van der Waals surface area contributed by atoms with Crippen molar-refractivity contribution in [1.29, 1.82) is 0 Å². The first kappa shape index (κ1) is 21.3. The molecular weight excluding hydrogens is 436 g/mol. The highest BCUT2D eigenvalue weighted by molar-refractivity contribution is 5.96. The molecule has 0 N–H and O–H groups in total. The molecule has 2 aromatic heterocycles. The monoisotopic (exact) mass is 462 g/mol. The van der Waals surface area contributed by atoms with Crippen LogP contribution in [0.3, 0.4) is 0 Å². The molecule has 0 aliphatic carbocycles. The Bertz CT molecular complexity index is 1540. The van der Waals surface area contributed by atoms with Crippen LogP contribution in [0.2, 0.25) is 0 Å². The fourth-order valence-electron chi connectivity index (χ4n) is 4.96. The third kappa shape index (κ3) is 3.60. The van der Waals surface area contributed by atoms with Crippen LogP contribution in [0.4, 0.5) is 5.95 Å². The highest BCUT2D eigenvalue weighted by Gasteiger charge is 2.31. The summed E-state index contributed by atoms with van der Waals surface area (Å²) < 4.78 is 2.06. The van der Waals surface area contributed by atoms with E-state index in [0.717, 1.165) is 45.0 Å². The predicted molar refractivity (Wildman–Crippen MR) is 138 cm³/mol. The molecule has 0 bridgehead atoms. The summed E-state index contributed by atoms with van der Waals surface area (Å²) in [6.07, 6.45) is 0. The summed E-state index contributed by atoms with van der Waals surface area (Å²) in [5, 5.41) is 10.1. The zero-order valence-electron chi connectivity index (χ0n) is 19.8. The van der Waals surface area contributed by atoms with Gasteiger partial charge < -0.3 is 9.80 Å². The van der Waals surface area contributed by atoms with Gasteiger partial charge in [0, 0.05) is 42.2 Å². The van der Waals surface area contributed by atoms with Gasteiger partial charge >= 0.3 is 0 Å². The van der Waals surface area contributed by atoms with Gasteiger partial charge in [-0.15, -0.1) is 10.2 Å². The second-order valence-corrected chi connectivity index (χ2v) is 9.09. The first-order valence-corrected chi connectivity index (χ1v) is 11.9. The van der Waals surface area contributed by atoms with E-state index in [1.54, 1.807) is 0 Å². The van der Waals surface area contributed by atoms with Crippen LogP contribution in [0.25, 0.3) is 27.9 Å². The average Bonchev–Trinajstić information content (AvgIpc) is 3.34. The number of aromatic nitrogens is 4. The molecule has 0 unspecified atom stereocenters. The normalized spacial score (nSPS) is 16.2. The van der Waals surface area contributed by atoms with Crippen molar-refractivity contribution in [2.75, 3.05) is 24.5 Å². The number of aryl methyl sites for hydroxylation is 1. The molecule has 35 heavy (non-hydrogen) atoms. The van der Waals surface area contributed by atoms with Gasteiger partial charge in [0.15, 0.2) is 11.5 Å². The van der Waals surface area contributed by atoms with Crippen molar-refractivity contribution in [1.82, 2.24) is 24.5 Å². The van der Waals surface area contributed by atoms with Crippen molar-refractivity contribution in [2.45, 2.75) is 19.9 Å². The molecule has 0 saturated carbocycles. The number of anilines is 1. The van der Waals surface area contributed by atoms with Crippen LogP contribution in [0.15, 0.2) is 78.9 Å². The zero-order valence-corrected chi connectivity index (χ0v) is 19.8. The zero-order chi connectivity index (χ0) is 23.9. The summed E-state index contributed by atoms with van der Waals surface area (Å²) in [6, 6.07) is 25.9. The molecule has 6 rings (SSSR count). The van der Waals surface area contributed by atoms with E-state index in [2.05, 4.69) is 26.4 Å². The number of nitrogens with zero attached hydrogens (tertiary/aromatic N) is 6. The fraction of sp³-hybridized carbons (Fsp3) is 0.214. The van der Waals surface area contributed by atoms with Gasteiger partial charge in [-0.2, -0.15) is 0 Å². The van der Waals surface area contributed by atoms with E-state index >= 15 is 0 Å². The minimum absolute atomic E-state index is 0.0239. The topological polar surface area (TPSA) is 66.6 Å². The van der Waals surface area contributed by atoms with Crippen LogP contribution >= 0.6 is 0 Å². The molecule has 5 aromatic rings. The fourth-order valence-corrected chi connectivity index (χ4v) is 4.96. The molecule has 1 saturated heterocycles. The Labute approximate surface area is 203 Å². The van der Waals surface area contributed by atoms with E-state index in [0.29, 0.717) is 19.6 Å². The van der Waals surface area contributed by atoms with Crippen molar-refractivity contribution in [3.8, 4) is 11.4 Å². The summed E-state index contributed by atoms with van der Waals surface area (Å²) in [6.45, 7) is 6.05. The lowest BCUT2D eigenvalue weighted by atomic mass is 10.1. The lowest BCUT2D eigenvalue weighted by Crippen LogP contribution is -2.54. The largest absolute Gasteiger partial charge is 0.338 e. The van der Waals surface area contributed by atoms with Crippen molar-refractivity contribution < 1.29 is 4.79 Å². The average molecular weight is 463 g/mol. The number of rotatable bonds is 3. The minimum atomic E-state index is 0.0239. The summed E-state index contributed by atoms with van der Waals surface area (Å²) in [5.74, 6) is 1.65. The Morgan fingerprint density at radius 1 is 0.886 bits per heavy atom. The lowest BCUT2D eigenvalue weighted by Gasteiger charge is -2.40. The van der Waals surface area contributed by atoms with Gasteiger partial charge in [0.2, 0.25) is 5.95 Å². The van der Waals surface area contributed by atoms with Crippen LogP contribution in [0, 0.1) is 6.92 Å². The molecule has 1 fully saturated rings. The van der Waals surface area contributed by atoms with Gasteiger partial charge in [0.05, 0.1) is 5.52 Å². The van der Waals surface area contributed by atoms with Gasteiger partial charge in [-0.05, 0) is 37.6 Å². The maximum atomic E-state index is 13.3. The first-order valence-electron chi connectivity index (χ1n) is 11.9. The maximum absolute atomic E-state index is 13.3. The number of carbonyl (C=O) groups is 1. The second kappa shape index (κ2) is 8.51. The number of fused-ring (bicyclic) bond motifs is 3. The molecule has 0 spiro atoms. The van der Waals surface area contributed by atoms with Crippen LogP contribution in [0.5, 0.6) is 0 Å². The van der Waals surface area contributed by atoms with Gasteiger partial charge in [-0.25, -0.2) is 9.38 Å². The molecular formula is C28H26N6O. The number of piperazine rings is 1. The van der Waals surface area contributed by atoms with Gasteiger partial charge in [0.25, 0.3) is 5.91 Å². The second-order valence-electron chi connectivity index (χ2n) is 9.09. The number of para-hydroxylation sites is 1. The number of benzene rings is 3. The Morgan fingerprint density at radius 2 is 1.63 bits per heavy atom. The number of hydrogen-bond acceptors (Lipinski definition) is 5. The third-order valence-electron chi connectivity index (χ3n) is 6.81. The van der Waals surface area contributed by atoms with E-state index in [1.165, 1.54) is 0 Å². The van der Waals surface area contributed by atoms with Gasteiger partial charge in [-0.1, -0.05) is 60.7 Å². The first-order chi connectivity index (χ1) is 17.1. The molecule has 3 aromatic carbocycles. The molecule has 174 valence electrons. The van der Waals surface area contributed by atoms with Crippen molar-refractivity contribution >= 4 is 28.4 Å². The molecule has 3 heterocycles. The number of hydrogen-bond donors (Lipinski definition) is 0. The molecule has 1 aliphatic heterocycles. The van der Waals surface area contributed by atoms with Crippen LogP contribution in [-0.4, -0.2) is 56.1 Å². The highest BCUT2D eigenvalue weighted by atomic mass is 16.2. The number of carbonyl (C=O) groups excluding carboxylic acids is 1. The van der Waals surface area contributed by atoms with Crippen LogP contribution in [-0.2, 0) is 0 Å². The lowest BCUT2D eigenvalue weighted by molar-refractivity contribution is 0.0672. The van der Waals surface area contributed by atoms with Gasteiger partial charge in [0.1, 0.15) is 0 Å². The van der Waals surface area contributed by atoms with E-state index < -0.39 is 0 Å². The number of amides is 1.